The number of hydrogen-bond acceptors (Lipinski definition) is 8. The van der Waals surface area contributed by atoms with Crippen molar-refractivity contribution in [3.63, 3.8) is 0 Å². The number of nitrogens with zero attached hydrogens (tertiary/aromatic N) is 4. The Bertz CT molecular complexity index is 821. The number of rotatable bonds is 3. The molecule has 1 atom stereocenters. The molecule has 1 aromatic heterocycles. The summed E-state index contributed by atoms with van der Waals surface area (Å²) in [5, 5.41) is 16.8. The van der Waals surface area contributed by atoms with E-state index in [9.17, 15) is 19.5 Å². The number of halogens is 1. The minimum absolute atomic E-state index is 0.176. The molecule has 2 rings (SSSR count). The number of anilines is 1. The molecule has 2 amide bonds. The molecule has 1 aliphatic rings. The summed E-state index contributed by atoms with van der Waals surface area (Å²) in [4.78, 5) is 39.9. The van der Waals surface area contributed by atoms with Crippen molar-refractivity contribution >= 4 is 35.6 Å². The lowest BCUT2D eigenvalue weighted by Gasteiger charge is -2.39. The summed E-state index contributed by atoms with van der Waals surface area (Å²) in [6.45, 7) is 11.0. The first kappa shape index (κ1) is 24.6. The van der Waals surface area contributed by atoms with Crippen LogP contribution in [0.1, 0.15) is 64.7 Å². The molecular formula is C20H29ClN4O6. The number of aromatic carboxylic acids is 1. The van der Waals surface area contributed by atoms with Crippen molar-refractivity contribution in [1.29, 1.82) is 0 Å². The van der Waals surface area contributed by atoms with E-state index in [1.165, 1.54) is 6.07 Å². The van der Waals surface area contributed by atoms with Gasteiger partial charge >= 0.3 is 18.2 Å². The van der Waals surface area contributed by atoms with Crippen LogP contribution in [-0.4, -0.2) is 68.7 Å². The highest BCUT2D eigenvalue weighted by Gasteiger charge is 2.39. The lowest BCUT2D eigenvalue weighted by atomic mass is 10.0. The highest BCUT2D eigenvalue weighted by molar-refractivity contribution is 6.32. The number of ether oxygens (including phenoxy) is 2. The fourth-order valence-corrected chi connectivity index (χ4v) is 3.21. The van der Waals surface area contributed by atoms with Gasteiger partial charge in [-0.3, -0.25) is 0 Å². The van der Waals surface area contributed by atoms with Gasteiger partial charge in [-0.05, 0) is 54.4 Å². The third-order valence-corrected chi connectivity index (χ3v) is 4.51. The van der Waals surface area contributed by atoms with Crippen molar-refractivity contribution in [2.45, 2.75) is 71.6 Å². The molecule has 172 valence electrons. The Morgan fingerprint density at radius 1 is 1.10 bits per heavy atom. The second-order valence-electron chi connectivity index (χ2n) is 9.28. The first-order valence-electron chi connectivity index (χ1n) is 9.94. The van der Waals surface area contributed by atoms with Gasteiger partial charge in [0.05, 0.1) is 6.04 Å². The van der Waals surface area contributed by atoms with E-state index in [0.717, 1.165) is 4.90 Å². The van der Waals surface area contributed by atoms with E-state index in [2.05, 4.69) is 10.2 Å². The molecule has 0 aliphatic carbocycles. The molecule has 1 aromatic rings. The van der Waals surface area contributed by atoms with Gasteiger partial charge in [0.15, 0.2) is 11.0 Å². The van der Waals surface area contributed by atoms with E-state index >= 15 is 0 Å². The monoisotopic (exact) mass is 456 g/mol. The molecule has 0 spiro atoms. The highest BCUT2D eigenvalue weighted by Crippen LogP contribution is 2.26. The van der Waals surface area contributed by atoms with Crippen molar-refractivity contribution in [3.8, 4) is 0 Å². The molecule has 1 fully saturated rings. The molecule has 1 N–H and O–H groups in total. The van der Waals surface area contributed by atoms with Crippen LogP contribution in [0, 0.1) is 0 Å². The predicted molar refractivity (Wildman–Crippen MR) is 114 cm³/mol. The first-order chi connectivity index (χ1) is 14.2. The lowest BCUT2D eigenvalue weighted by molar-refractivity contribution is -0.00848. The Labute approximate surface area is 186 Å². The summed E-state index contributed by atoms with van der Waals surface area (Å²) in [7, 11) is 0. The second-order valence-corrected chi connectivity index (χ2v) is 9.64. The summed E-state index contributed by atoms with van der Waals surface area (Å²) >= 11 is 5.81. The largest absolute Gasteiger partial charge is 0.478 e. The third kappa shape index (κ3) is 6.95. The van der Waals surface area contributed by atoms with E-state index in [0.29, 0.717) is 25.2 Å². The topological polar surface area (TPSA) is 122 Å². The maximum Gasteiger partial charge on any atom is 0.420 e. The Balaban J connectivity index is 2.31. The van der Waals surface area contributed by atoms with E-state index in [-0.39, 0.29) is 17.3 Å². The van der Waals surface area contributed by atoms with Gasteiger partial charge in [0, 0.05) is 19.2 Å². The van der Waals surface area contributed by atoms with Crippen LogP contribution in [-0.2, 0) is 9.47 Å². The molecule has 0 saturated carbocycles. The van der Waals surface area contributed by atoms with E-state index < -0.39 is 35.4 Å². The van der Waals surface area contributed by atoms with Crippen LogP contribution in [0.5, 0.6) is 0 Å². The molecular weight excluding hydrogens is 428 g/mol. The minimum atomic E-state index is -1.22. The van der Waals surface area contributed by atoms with Crippen molar-refractivity contribution < 1.29 is 29.0 Å². The maximum atomic E-state index is 12.9. The average molecular weight is 457 g/mol. The van der Waals surface area contributed by atoms with Gasteiger partial charge < -0.3 is 19.5 Å². The van der Waals surface area contributed by atoms with Gasteiger partial charge in [0.1, 0.15) is 16.8 Å². The van der Waals surface area contributed by atoms with E-state index in [1.807, 2.05) is 0 Å². The van der Waals surface area contributed by atoms with Crippen molar-refractivity contribution in [3.05, 3.63) is 16.8 Å². The first-order valence-corrected chi connectivity index (χ1v) is 10.3. The standard InChI is InChI=1S/C20H29ClN4O6/c1-19(2,3)30-17(28)25(18(29)31-20(4,5)6)12-8-7-9-24(11-12)14-10-13(16(26)27)15(21)23-22-14/h10,12H,7-9,11H2,1-6H3,(H,26,27). The second kappa shape index (κ2) is 9.25. The number of carboxylic acid groups (broad SMARTS) is 1. The van der Waals surface area contributed by atoms with Crippen LogP contribution in [0.25, 0.3) is 0 Å². The Hall–Kier alpha value is -2.62. The van der Waals surface area contributed by atoms with Gasteiger partial charge in [-0.15, -0.1) is 10.2 Å². The van der Waals surface area contributed by atoms with Crippen LogP contribution < -0.4 is 4.90 Å². The lowest BCUT2D eigenvalue weighted by Crippen LogP contribution is -2.55. The minimum Gasteiger partial charge on any atom is -0.478 e. The smallest absolute Gasteiger partial charge is 0.420 e. The molecule has 11 heteroatoms. The van der Waals surface area contributed by atoms with Crippen LogP contribution in [0.4, 0.5) is 15.4 Å². The van der Waals surface area contributed by atoms with Gasteiger partial charge in [-0.2, -0.15) is 0 Å². The molecule has 31 heavy (non-hydrogen) atoms. The van der Waals surface area contributed by atoms with Crippen LogP contribution >= 0.6 is 11.6 Å². The number of piperidine rings is 1. The number of aromatic nitrogens is 2. The van der Waals surface area contributed by atoms with Crippen LogP contribution in [0.2, 0.25) is 5.15 Å². The van der Waals surface area contributed by atoms with Gasteiger partial charge in [0.25, 0.3) is 0 Å². The summed E-state index contributed by atoms with van der Waals surface area (Å²) in [5.74, 6) is -0.932. The van der Waals surface area contributed by atoms with Crippen LogP contribution in [0.3, 0.4) is 0 Å². The number of carbonyl (C=O) groups is 3. The molecule has 10 nitrogen and oxygen atoms in total. The van der Waals surface area contributed by atoms with Gasteiger partial charge in [-0.25, -0.2) is 19.3 Å². The summed E-state index contributed by atoms with van der Waals surface area (Å²) in [6, 6.07) is 0.759. The molecule has 2 heterocycles. The number of carbonyl (C=O) groups excluding carboxylic acids is 2. The molecule has 1 saturated heterocycles. The predicted octanol–water partition coefficient (Wildman–Crippen LogP) is 3.97. The quantitative estimate of drug-likeness (QED) is 0.719. The molecule has 0 bridgehead atoms. The zero-order chi connectivity index (χ0) is 23.6. The molecule has 1 aliphatic heterocycles. The normalized spacial score (nSPS) is 17.1. The van der Waals surface area contributed by atoms with Crippen LogP contribution in [0.15, 0.2) is 6.07 Å². The maximum absolute atomic E-state index is 12.9. The van der Waals surface area contributed by atoms with Gasteiger partial charge in [-0.1, -0.05) is 11.6 Å². The van der Waals surface area contributed by atoms with Gasteiger partial charge in [0.2, 0.25) is 0 Å². The fraction of sp³-hybridized carbons (Fsp3) is 0.650. The summed E-state index contributed by atoms with van der Waals surface area (Å²) in [5.41, 5.74) is -1.78. The fourth-order valence-electron chi connectivity index (χ4n) is 3.04. The summed E-state index contributed by atoms with van der Waals surface area (Å²) < 4.78 is 10.9. The Morgan fingerprint density at radius 3 is 2.13 bits per heavy atom. The highest BCUT2D eigenvalue weighted by atomic mass is 35.5. The van der Waals surface area contributed by atoms with E-state index in [4.69, 9.17) is 21.1 Å². The number of hydrogen-bond donors (Lipinski definition) is 1. The molecule has 0 radical (unpaired) electrons. The SMILES string of the molecule is CC(C)(C)OC(=O)N(C(=O)OC(C)(C)C)C1CCCN(c2cc(C(=O)O)c(Cl)nn2)C1. The number of imide groups is 1. The average Bonchev–Trinajstić information content (AvgIpc) is 2.59. The van der Waals surface area contributed by atoms with Crippen molar-refractivity contribution in [2.75, 3.05) is 18.0 Å². The number of amides is 2. The zero-order valence-electron chi connectivity index (χ0n) is 18.6. The summed E-state index contributed by atoms with van der Waals surface area (Å²) in [6.07, 6.45) is -0.453. The Kier molecular flexibility index (Phi) is 7.36. The van der Waals surface area contributed by atoms with E-state index in [1.54, 1.807) is 46.4 Å². The third-order valence-electron chi connectivity index (χ3n) is 4.23. The Morgan fingerprint density at radius 2 is 1.65 bits per heavy atom. The molecule has 1 unspecified atom stereocenters. The zero-order valence-corrected chi connectivity index (χ0v) is 19.4. The van der Waals surface area contributed by atoms with Crippen molar-refractivity contribution in [2.24, 2.45) is 0 Å². The van der Waals surface area contributed by atoms with Crippen molar-refractivity contribution in [1.82, 2.24) is 15.1 Å². The number of carboxylic acids is 1. The molecule has 0 aromatic carbocycles.